The fraction of sp³-hybridized carbons (Fsp3) is 0.917. The molecule has 1 aliphatic rings. The Hall–Kier alpha value is -0.0300. The molecule has 0 saturated carbocycles. The van der Waals surface area contributed by atoms with Gasteiger partial charge in [-0.1, -0.05) is 0 Å². The first-order valence-electron chi connectivity index (χ1n) is 6.19. The number of hydrogen-bond acceptors (Lipinski definition) is 3. The molecule has 0 aromatic rings. The molecule has 0 aromatic heterocycles. The highest BCUT2D eigenvalue weighted by Crippen LogP contribution is 2.17. The van der Waals surface area contributed by atoms with E-state index in [0.29, 0.717) is 12.1 Å². The van der Waals surface area contributed by atoms with Crippen molar-refractivity contribution in [3.8, 4) is 0 Å². The van der Waals surface area contributed by atoms with Gasteiger partial charge >= 0.3 is 0 Å². The van der Waals surface area contributed by atoms with Gasteiger partial charge in [0.15, 0.2) is 0 Å². The molecule has 0 bridgehead atoms. The summed E-state index contributed by atoms with van der Waals surface area (Å²) >= 11 is 0. The van der Waals surface area contributed by atoms with Crippen molar-refractivity contribution in [3.05, 3.63) is 0 Å². The summed E-state index contributed by atoms with van der Waals surface area (Å²) in [7, 11) is 1.88. The number of nitrogens with zero attached hydrogens (tertiary/aromatic N) is 2. The fourth-order valence-corrected chi connectivity index (χ4v) is 2.29. The average Bonchev–Trinajstić information content (AvgIpc) is 2.27. The van der Waals surface area contributed by atoms with Gasteiger partial charge in [-0.25, -0.2) is 0 Å². The van der Waals surface area contributed by atoms with Crippen molar-refractivity contribution < 1.29 is 4.79 Å². The van der Waals surface area contributed by atoms with Crippen molar-refractivity contribution in [2.75, 3.05) is 20.1 Å². The maximum absolute atomic E-state index is 11.7. The zero-order chi connectivity index (χ0) is 12.3. The smallest absolute Gasteiger partial charge is 0.239 e. The standard InChI is InChI=1S/C12H25N3O.2ClH/c1-9(2)15-7-5-11(6-8-15)14(4)12(16)10(3)13;;/h9-11H,5-8,13H2,1-4H3;2*1H/t10-;;/m1../s1. The van der Waals surface area contributed by atoms with Crippen molar-refractivity contribution in [2.24, 2.45) is 5.73 Å². The number of rotatable bonds is 3. The highest BCUT2D eigenvalue weighted by Gasteiger charge is 2.27. The fourth-order valence-electron chi connectivity index (χ4n) is 2.29. The third-order valence-electron chi connectivity index (χ3n) is 3.51. The van der Waals surface area contributed by atoms with Crippen molar-refractivity contribution >= 4 is 30.7 Å². The number of carbonyl (C=O) groups excluding carboxylic acids is 1. The summed E-state index contributed by atoms with van der Waals surface area (Å²) in [5.74, 6) is 0.0583. The Bertz CT molecular complexity index is 241. The summed E-state index contributed by atoms with van der Waals surface area (Å²) in [6, 6.07) is 0.594. The van der Waals surface area contributed by atoms with Crippen LogP contribution in [0.4, 0.5) is 0 Å². The van der Waals surface area contributed by atoms with Gasteiger partial charge in [0, 0.05) is 32.2 Å². The molecule has 1 atom stereocenters. The summed E-state index contributed by atoms with van der Waals surface area (Å²) in [6.07, 6.45) is 2.13. The van der Waals surface area contributed by atoms with E-state index in [1.165, 1.54) is 0 Å². The molecule has 1 saturated heterocycles. The Morgan fingerprint density at radius 2 is 1.67 bits per heavy atom. The SMILES string of the molecule is CC(C)N1CCC(N(C)C(=O)[C@@H](C)N)CC1.Cl.Cl. The van der Waals surface area contributed by atoms with Crippen LogP contribution in [0, 0.1) is 0 Å². The van der Waals surface area contributed by atoms with Gasteiger partial charge in [-0.15, -0.1) is 24.8 Å². The van der Waals surface area contributed by atoms with Crippen molar-refractivity contribution in [3.63, 3.8) is 0 Å². The van der Waals surface area contributed by atoms with Crippen LogP contribution in [0.2, 0.25) is 0 Å². The second-order valence-electron chi connectivity index (χ2n) is 5.10. The number of piperidine rings is 1. The topological polar surface area (TPSA) is 49.6 Å². The predicted octanol–water partition coefficient (Wildman–Crippen LogP) is 1.51. The minimum absolute atomic E-state index is 0. The van der Waals surface area contributed by atoms with Crippen LogP contribution in [0.25, 0.3) is 0 Å². The Balaban J connectivity index is 0. The van der Waals surface area contributed by atoms with Gasteiger partial charge in [0.1, 0.15) is 0 Å². The maximum Gasteiger partial charge on any atom is 0.239 e. The molecular formula is C12H27Cl2N3O. The van der Waals surface area contributed by atoms with Crippen LogP contribution < -0.4 is 5.73 Å². The summed E-state index contributed by atoms with van der Waals surface area (Å²) < 4.78 is 0. The summed E-state index contributed by atoms with van der Waals surface area (Å²) in [4.78, 5) is 16.0. The molecule has 0 aliphatic carbocycles. The Morgan fingerprint density at radius 3 is 2.00 bits per heavy atom. The molecule has 0 aromatic carbocycles. The van der Waals surface area contributed by atoms with Gasteiger partial charge in [0.05, 0.1) is 6.04 Å². The van der Waals surface area contributed by atoms with E-state index < -0.39 is 0 Å². The zero-order valence-corrected chi connectivity index (χ0v) is 13.4. The molecule has 1 fully saturated rings. The monoisotopic (exact) mass is 299 g/mol. The number of carbonyl (C=O) groups is 1. The quantitative estimate of drug-likeness (QED) is 0.859. The Labute approximate surface area is 123 Å². The minimum atomic E-state index is -0.381. The molecule has 1 amide bonds. The van der Waals surface area contributed by atoms with Crippen molar-refractivity contribution in [1.29, 1.82) is 0 Å². The zero-order valence-electron chi connectivity index (χ0n) is 11.8. The van der Waals surface area contributed by atoms with Gasteiger partial charge in [-0.05, 0) is 33.6 Å². The lowest BCUT2D eigenvalue weighted by atomic mass is 10.0. The van der Waals surface area contributed by atoms with E-state index in [2.05, 4.69) is 18.7 Å². The number of amides is 1. The van der Waals surface area contributed by atoms with Gasteiger partial charge in [-0.3, -0.25) is 4.79 Å². The molecule has 1 rings (SSSR count). The highest BCUT2D eigenvalue weighted by molar-refractivity contribution is 5.85. The van der Waals surface area contributed by atoms with Crippen LogP contribution >= 0.6 is 24.8 Å². The lowest BCUT2D eigenvalue weighted by Gasteiger charge is -2.39. The van der Waals surface area contributed by atoms with Gasteiger partial charge < -0.3 is 15.5 Å². The maximum atomic E-state index is 11.7. The first kappa shape index (κ1) is 20.3. The van der Waals surface area contributed by atoms with Crippen LogP contribution in [-0.4, -0.2) is 54.0 Å². The Morgan fingerprint density at radius 1 is 1.22 bits per heavy atom. The van der Waals surface area contributed by atoms with E-state index in [1.54, 1.807) is 6.92 Å². The predicted molar refractivity (Wildman–Crippen MR) is 80.6 cm³/mol. The van der Waals surface area contributed by atoms with Crippen LogP contribution in [0.3, 0.4) is 0 Å². The second kappa shape index (κ2) is 8.97. The highest BCUT2D eigenvalue weighted by atomic mass is 35.5. The third-order valence-corrected chi connectivity index (χ3v) is 3.51. The van der Waals surface area contributed by atoms with Crippen molar-refractivity contribution in [1.82, 2.24) is 9.80 Å². The lowest BCUT2D eigenvalue weighted by molar-refractivity contribution is -0.133. The number of hydrogen-bond donors (Lipinski definition) is 1. The number of likely N-dealkylation sites (tertiary alicyclic amines) is 1. The number of nitrogens with two attached hydrogens (primary N) is 1. The number of halogens is 2. The van der Waals surface area contributed by atoms with Gasteiger partial charge in [0.25, 0.3) is 0 Å². The first-order valence-corrected chi connectivity index (χ1v) is 6.19. The van der Waals surface area contributed by atoms with Gasteiger partial charge in [0.2, 0.25) is 5.91 Å². The molecule has 6 heteroatoms. The molecule has 1 aliphatic heterocycles. The largest absolute Gasteiger partial charge is 0.341 e. The average molecular weight is 300 g/mol. The van der Waals surface area contributed by atoms with Gasteiger partial charge in [-0.2, -0.15) is 0 Å². The molecule has 0 spiro atoms. The molecule has 4 nitrogen and oxygen atoms in total. The van der Waals surface area contributed by atoms with E-state index in [9.17, 15) is 4.79 Å². The normalized spacial score (nSPS) is 18.8. The number of likely N-dealkylation sites (N-methyl/N-ethyl adjacent to an activating group) is 1. The molecule has 110 valence electrons. The van der Waals surface area contributed by atoms with Crippen molar-refractivity contribution in [2.45, 2.75) is 51.7 Å². The molecule has 18 heavy (non-hydrogen) atoms. The van der Waals surface area contributed by atoms with E-state index in [4.69, 9.17) is 5.73 Å². The Kier molecular flexibility index (Phi) is 10.1. The summed E-state index contributed by atoms with van der Waals surface area (Å²) in [6.45, 7) is 8.36. The second-order valence-corrected chi connectivity index (χ2v) is 5.10. The van der Waals surface area contributed by atoms with E-state index >= 15 is 0 Å². The molecule has 2 N–H and O–H groups in total. The molecule has 0 unspecified atom stereocenters. The lowest BCUT2D eigenvalue weighted by Crippen LogP contribution is -2.50. The van der Waals surface area contributed by atoms with Crippen LogP contribution in [0.5, 0.6) is 0 Å². The molecule has 1 heterocycles. The summed E-state index contributed by atoms with van der Waals surface area (Å²) in [5, 5.41) is 0. The summed E-state index contributed by atoms with van der Waals surface area (Å²) in [5.41, 5.74) is 5.62. The first-order chi connectivity index (χ1) is 7.43. The molecular weight excluding hydrogens is 273 g/mol. The minimum Gasteiger partial charge on any atom is -0.341 e. The van der Waals surface area contributed by atoms with E-state index in [0.717, 1.165) is 25.9 Å². The van der Waals surface area contributed by atoms with E-state index in [-0.39, 0.29) is 36.8 Å². The third kappa shape index (κ3) is 5.31. The van der Waals surface area contributed by atoms with Crippen LogP contribution in [-0.2, 0) is 4.79 Å². The van der Waals surface area contributed by atoms with E-state index in [1.807, 2.05) is 11.9 Å². The van der Waals surface area contributed by atoms with Crippen LogP contribution in [0.15, 0.2) is 0 Å². The van der Waals surface area contributed by atoms with Crippen LogP contribution in [0.1, 0.15) is 33.6 Å². The molecule has 0 radical (unpaired) electrons.